The molecular formula is C57H45NO. The van der Waals surface area contributed by atoms with Crippen LogP contribution < -0.4 is 4.90 Å². The lowest BCUT2D eigenvalue weighted by molar-refractivity contribution is 0.344. The van der Waals surface area contributed by atoms with Crippen molar-refractivity contribution in [2.24, 2.45) is 17.8 Å². The van der Waals surface area contributed by atoms with Crippen molar-refractivity contribution >= 4 is 44.6 Å². The van der Waals surface area contributed by atoms with E-state index in [1.165, 1.54) is 50.1 Å². The van der Waals surface area contributed by atoms with Crippen LogP contribution in [0.1, 0.15) is 37.0 Å². The van der Waals surface area contributed by atoms with Gasteiger partial charge in [0.15, 0.2) is 5.58 Å². The third-order valence-electron chi connectivity index (χ3n) is 13.2. The molecule has 284 valence electrons. The van der Waals surface area contributed by atoms with Crippen LogP contribution in [0.3, 0.4) is 0 Å². The highest BCUT2D eigenvalue weighted by Crippen LogP contribution is 2.62. The molecule has 2 nitrogen and oxygen atoms in total. The van der Waals surface area contributed by atoms with Crippen molar-refractivity contribution in [3.05, 3.63) is 229 Å². The van der Waals surface area contributed by atoms with Crippen LogP contribution in [-0.2, 0) is 5.41 Å². The number of hydrogen-bond donors (Lipinski definition) is 0. The number of furan rings is 1. The minimum absolute atomic E-state index is 0.251. The zero-order valence-corrected chi connectivity index (χ0v) is 33.4. The van der Waals surface area contributed by atoms with Gasteiger partial charge < -0.3 is 9.32 Å². The summed E-state index contributed by atoms with van der Waals surface area (Å²) < 4.78 is 7.42. The van der Waals surface area contributed by atoms with E-state index in [-0.39, 0.29) is 11.3 Å². The van der Waals surface area contributed by atoms with Crippen molar-refractivity contribution in [3.63, 3.8) is 0 Å². The standard InChI is InChI=1S/C57H45NO/c1-38-16-12-13-26-50(38)57(44-22-10-5-11-23-44)51-37-36-48-47-24-15-27-52(55(47)59-56(48)53(51)49-25-14-17-39(2)54(49)57)58(45-32-28-42(29-33-45)40-18-6-3-7-19-40)46-34-30-43(31-35-46)41-20-8-4-9-21-41/h3-16,18-39,50H,17H2,1-2H3. The summed E-state index contributed by atoms with van der Waals surface area (Å²) in [7, 11) is 0. The molecule has 7 aromatic carbocycles. The second-order valence-corrected chi connectivity index (χ2v) is 16.5. The molecule has 0 N–H and O–H groups in total. The minimum atomic E-state index is -0.334. The number of para-hydroxylation sites is 1. The van der Waals surface area contributed by atoms with E-state index >= 15 is 0 Å². The molecule has 0 spiro atoms. The van der Waals surface area contributed by atoms with Gasteiger partial charge in [-0.1, -0.05) is 190 Å². The maximum atomic E-state index is 7.42. The van der Waals surface area contributed by atoms with Gasteiger partial charge in [0.05, 0.1) is 5.69 Å². The molecular weight excluding hydrogens is 715 g/mol. The van der Waals surface area contributed by atoms with Crippen LogP contribution in [0.4, 0.5) is 17.1 Å². The van der Waals surface area contributed by atoms with Crippen LogP contribution >= 0.6 is 0 Å². The van der Waals surface area contributed by atoms with Crippen LogP contribution in [0, 0.1) is 17.8 Å². The van der Waals surface area contributed by atoms with Gasteiger partial charge in [0.25, 0.3) is 0 Å². The van der Waals surface area contributed by atoms with E-state index < -0.39 is 0 Å². The second-order valence-electron chi connectivity index (χ2n) is 16.5. The molecule has 2 heteroatoms. The van der Waals surface area contributed by atoms with E-state index in [0.717, 1.165) is 45.4 Å². The average molecular weight is 760 g/mol. The maximum absolute atomic E-state index is 7.42. The van der Waals surface area contributed by atoms with Crippen molar-refractivity contribution in [1.82, 2.24) is 0 Å². The summed E-state index contributed by atoms with van der Waals surface area (Å²) in [5, 5.41) is 2.27. The second kappa shape index (κ2) is 14.2. The van der Waals surface area contributed by atoms with Crippen molar-refractivity contribution in [2.45, 2.75) is 25.7 Å². The largest absolute Gasteiger partial charge is 0.453 e. The first-order chi connectivity index (χ1) is 29.1. The first-order valence-electron chi connectivity index (χ1n) is 21.0. The van der Waals surface area contributed by atoms with Gasteiger partial charge in [-0.2, -0.15) is 0 Å². The highest BCUT2D eigenvalue weighted by atomic mass is 16.3. The number of benzene rings is 7. The minimum Gasteiger partial charge on any atom is -0.453 e. The number of hydrogen-bond acceptors (Lipinski definition) is 2. The third-order valence-corrected chi connectivity index (χ3v) is 13.2. The van der Waals surface area contributed by atoms with Gasteiger partial charge in [-0.05, 0) is 93.1 Å². The molecule has 4 atom stereocenters. The smallest absolute Gasteiger partial charge is 0.159 e. The summed E-state index contributed by atoms with van der Waals surface area (Å²) in [6.07, 6.45) is 15.1. The fourth-order valence-corrected chi connectivity index (χ4v) is 10.6. The normalized spacial score (nSPS) is 20.6. The van der Waals surface area contributed by atoms with E-state index in [0.29, 0.717) is 11.8 Å². The van der Waals surface area contributed by atoms with Gasteiger partial charge >= 0.3 is 0 Å². The summed E-state index contributed by atoms with van der Waals surface area (Å²) in [4.78, 5) is 2.36. The summed E-state index contributed by atoms with van der Waals surface area (Å²) in [6.45, 7) is 4.81. The fourth-order valence-electron chi connectivity index (χ4n) is 10.6. The molecule has 0 aliphatic heterocycles. The van der Waals surface area contributed by atoms with Gasteiger partial charge in [0.2, 0.25) is 0 Å². The summed E-state index contributed by atoms with van der Waals surface area (Å²) in [5.41, 5.74) is 16.2. The van der Waals surface area contributed by atoms with Crippen molar-refractivity contribution in [2.75, 3.05) is 4.90 Å². The lowest BCUT2D eigenvalue weighted by Crippen LogP contribution is -2.41. The van der Waals surface area contributed by atoms with Crippen LogP contribution in [0.25, 0.3) is 49.8 Å². The van der Waals surface area contributed by atoms with E-state index in [4.69, 9.17) is 4.42 Å². The number of anilines is 3. The van der Waals surface area contributed by atoms with Crippen molar-refractivity contribution in [3.8, 4) is 22.3 Å². The molecule has 8 aromatic rings. The Kier molecular flexibility index (Phi) is 8.48. The Morgan fingerprint density at radius 2 is 1.12 bits per heavy atom. The predicted molar refractivity (Wildman–Crippen MR) is 247 cm³/mol. The van der Waals surface area contributed by atoms with E-state index in [1.54, 1.807) is 0 Å². The molecule has 0 saturated carbocycles. The van der Waals surface area contributed by atoms with Crippen molar-refractivity contribution in [1.29, 1.82) is 0 Å². The molecule has 0 saturated heterocycles. The predicted octanol–water partition coefficient (Wildman–Crippen LogP) is 15.4. The molecule has 1 heterocycles. The number of rotatable bonds is 7. The molecule has 0 radical (unpaired) electrons. The first-order valence-corrected chi connectivity index (χ1v) is 21.0. The quantitative estimate of drug-likeness (QED) is 0.161. The average Bonchev–Trinajstić information content (AvgIpc) is 3.83. The van der Waals surface area contributed by atoms with Crippen LogP contribution in [-0.4, -0.2) is 0 Å². The van der Waals surface area contributed by atoms with Gasteiger partial charge in [-0.3, -0.25) is 0 Å². The molecule has 1 aromatic heterocycles. The Morgan fingerprint density at radius 1 is 0.542 bits per heavy atom. The lowest BCUT2D eigenvalue weighted by Gasteiger charge is -2.45. The molecule has 11 rings (SSSR count). The Bertz CT molecular complexity index is 2880. The Morgan fingerprint density at radius 3 is 1.75 bits per heavy atom. The number of allylic oxidation sites excluding steroid dienone is 8. The van der Waals surface area contributed by atoms with Gasteiger partial charge in [-0.25, -0.2) is 0 Å². The first kappa shape index (κ1) is 35.3. The highest BCUT2D eigenvalue weighted by Gasteiger charge is 2.54. The monoisotopic (exact) mass is 759 g/mol. The Hall–Kier alpha value is -6.90. The topological polar surface area (TPSA) is 16.4 Å². The summed E-state index contributed by atoms with van der Waals surface area (Å²) in [5.74, 6) is 0.976. The van der Waals surface area contributed by atoms with E-state index in [1.807, 2.05) is 0 Å². The van der Waals surface area contributed by atoms with Crippen molar-refractivity contribution < 1.29 is 4.42 Å². The van der Waals surface area contributed by atoms with E-state index in [9.17, 15) is 0 Å². The van der Waals surface area contributed by atoms with Crippen LogP contribution in [0.2, 0.25) is 0 Å². The SMILES string of the molecule is CC1CC=CC2=C1C(c1ccccc1)(C1C=CC=CC1C)c1ccc3c(oc4c(N(c5ccc(-c6ccccc6)cc5)c5ccc(-c6ccccc6)cc5)cccc43)c12. The third kappa shape index (κ3) is 5.54. The zero-order valence-electron chi connectivity index (χ0n) is 33.4. The number of nitrogens with zero attached hydrogens (tertiary/aromatic N) is 1. The maximum Gasteiger partial charge on any atom is 0.159 e. The molecule has 4 unspecified atom stereocenters. The molecule has 0 amide bonds. The van der Waals surface area contributed by atoms with Gasteiger partial charge in [0.1, 0.15) is 5.58 Å². The Balaban J connectivity index is 1.14. The molecule has 3 aliphatic rings. The lowest BCUT2D eigenvalue weighted by atomic mass is 9.57. The highest BCUT2D eigenvalue weighted by molar-refractivity contribution is 6.14. The molecule has 59 heavy (non-hydrogen) atoms. The van der Waals surface area contributed by atoms with E-state index in [2.05, 4.69) is 225 Å². The van der Waals surface area contributed by atoms with Gasteiger partial charge in [0, 0.05) is 39.0 Å². The van der Waals surface area contributed by atoms with Crippen LogP contribution in [0.5, 0.6) is 0 Å². The molecule has 0 bridgehead atoms. The summed E-state index contributed by atoms with van der Waals surface area (Å²) in [6, 6.07) is 61.7. The molecule has 3 aliphatic carbocycles. The van der Waals surface area contributed by atoms with Crippen LogP contribution in [0.15, 0.2) is 216 Å². The fraction of sp³-hybridized carbons (Fsp3) is 0.123. The molecule has 0 fully saturated rings. The zero-order chi connectivity index (χ0) is 39.5. The Labute approximate surface area is 346 Å². The summed E-state index contributed by atoms with van der Waals surface area (Å²) >= 11 is 0. The van der Waals surface area contributed by atoms with Gasteiger partial charge in [-0.15, -0.1) is 0 Å². The number of fused-ring (bicyclic) bond motifs is 6.